The molecule has 0 saturated carbocycles. The van der Waals surface area contributed by atoms with Crippen LogP contribution in [0.4, 0.5) is 0 Å². The van der Waals surface area contributed by atoms with Crippen LogP contribution in [0.5, 0.6) is 5.75 Å². The van der Waals surface area contributed by atoms with Crippen LogP contribution in [0.3, 0.4) is 0 Å². The highest BCUT2D eigenvalue weighted by molar-refractivity contribution is 7.89. The van der Waals surface area contributed by atoms with E-state index in [9.17, 15) is 13.2 Å². The Morgan fingerprint density at radius 1 is 1.25 bits per heavy atom. The first kappa shape index (κ1) is 22.6. The molecule has 0 radical (unpaired) electrons. The summed E-state index contributed by atoms with van der Waals surface area (Å²) >= 11 is 0. The van der Waals surface area contributed by atoms with Gasteiger partial charge in [-0.3, -0.25) is 4.79 Å². The third kappa shape index (κ3) is 8.49. The lowest BCUT2D eigenvalue weighted by molar-refractivity contribution is -0.121. The molecule has 1 aromatic carbocycles. The highest BCUT2D eigenvalue weighted by atomic mass is 35.5. The first-order valence-corrected chi connectivity index (χ1v) is 8.90. The maximum absolute atomic E-state index is 12.1. The fourth-order valence-corrected chi connectivity index (χ4v) is 2.71. The molecule has 1 aromatic rings. The zero-order valence-electron chi connectivity index (χ0n) is 14.2. The second-order valence-electron chi connectivity index (χ2n) is 5.82. The van der Waals surface area contributed by atoms with Gasteiger partial charge in [-0.2, -0.15) is 0 Å². The molecule has 0 atom stereocenters. The Hall–Kier alpha value is -1.35. The predicted molar refractivity (Wildman–Crippen MR) is 95.9 cm³/mol. The van der Waals surface area contributed by atoms with E-state index in [1.54, 1.807) is 26.0 Å². The second kappa shape index (κ2) is 9.83. The average Bonchev–Trinajstić information content (AvgIpc) is 2.45. The van der Waals surface area contributed by atoms with Crippen molar-refractivity contribution in [2.75, 3.05) is 19.7 Å². The van der Waals surface area contributed by atoms with E-state index >= 15 is 0 Å². The van der Waals surface area contributed by atoms with Crippen molar-refractivity contribution < 1.29 is 17.9 Å². The number of hydrogen-bond donors (Lipinski definition) is 3. The van der Waals surface area contributed by atoms with Gasteiger partial charge < -0.3 is 15.8 Å². The van der Waals surface area contributed by atoms with Crippen LogP contribution in [0.1, 0.15) is 27.2 Å². The van der Waals surface area contributed by atoms with Crippen molar-refractivity contribution in [3.8, 4) is 5.75 Å². The number of halogens is 1. The lowest BCUT2D eigenvalue weighted by Gasteiger charge is -2.18. The number of carbonyl (C=O) groups excluding carboxylic acids is 1. The van der Waals surface area contributed by atoms with Gasteiger partial charge in [-0.1, -0.05) is 0 Å². The largest absolute Gasteiger partial charge is 0.494 e. The maximum atomic E-state index is 12.1. The van der Waals surface area contributed by atoms with E-state index in [2.05, 4.69) is 10.0 Å². The highest BCUT2D eigenvalue weighted by Crippen LogP contribution is 2.15. The van der Waals surface area contributed by atoms with E-state index in [0.717, 1.165) is 0 Å². The van der Waals surface area contributed by atoms with E-state index in [1.807, 2.05) is 6.92 Å². The molecule has 0 unspecified atom stereocenters. The van der Waals surface area contributed by atoms with Gasteiger partial charge in [-0.25, -0.2) is 13.1 Å². The molecule has 1 rings (SSSR count). The number of nitrogens with one attached hydrogen (secondary N) is 2. The molecule has 9 heteroatoms. The van der Waals surface area contributed by atoms with Crippen molar-refractivity contribution in [2.45, 2.75) is 37.6 Å². The Balaban J connectivity index is 0.00000529. The molecule has 138 valence electrons. The topological polar surface area (TPSA) is 111 Å². The number of benzene rings is 1. The molecule has 0 bridgehead atoms. The van der Waals surface area contributed by atoms with Crippen molar-refractivity contribution in [3.63, 3.8) is 0 Å². The molecule has 0 aliphatic carbocycles. The standard InChI is InChI=1S/C15H25N3O4S.ClH/c1-4-22-12-5-7-13(8-6-12)23(20,21)18-10-9-14(19)17-11-15(2,3)16;/h5-8,18H,4,9-11,16H2,1-3H3,(H,17,19);1H. The fourth-order valence-electron chi connectivity index (χ4n) is 1.68. The molecule has 0 aliphatic rings. The third-order valence-corrected chi connectivity index (χ3v) is 4.31. The van der Waals surface area contributed by atoms with Crippen LogP contribution in [0.2, 0.25) is 0 Å². The van der Waals surface area contributed by atoms with Gasteiger partial charge in [0.1, 0.15) is 5.75 Å². The molecule has 0 aliphatic heterocycles. The summed E-state index contributed by atoms with van der Waals surface area (Å²) in [6, 6.07) is 6.11. The van der Waals surface area contributed by atoms with Crippen LogP contribution in [0.25, 0.3) is 0 Å². The third-order valence-electron chi connectivity index (χ3n) is 2.83. The number of rotatable bonds is 9. The molecular formula is C15H26ClN3O4S. The number of sulfonamides is 1. The Bertz CT molecular complexity index is 613. The number of ether oxygens (including phenoxy) is 1. The van der Waals surface area contributed by atoms with Gasteiger partial charge in [0.15, 0.2) is 0 Å². The summed E-state index contributed by atoms with van der Waals surface area (Å²) in [6.07, 6.45) is 0.0480. The summed E-state index contributed by atoms with van der Waals surface area (Å²) < 4.78 is 31.8. The Kier molecular flexibility index (Phi) is 9.27. The van der Waals surface area contributed by atoms with Gasteiger partial charge in [0, 0.05) is 25.0 Å². The molecule has 1 amide bonds. The SMILES string of the molecule is CCOc1ccc(S(=O)(=O)NCCC(=O)NCC(C)(C)N)cc1.Cl. The Labute approximate surface area is 149 Å². The van der Waals surface area contributed by atoms with Gasteiger partial charge in [-0.05, 0) is 45.0 Å². The van der Waals surface area contributed by atoms with Gasteiger partial charge in [-0.15, -0.1) is 12.4 Å². The highest BCUT2D eigenvalue weighted by Gasteiger charge is 2.15. The number of carbonyl (C=O) groups is 1. The van der Waals surface area contributed by atoms with Crippen LogP contribution >= 0.6 is 12.4 Å². The molecule has 0 fully saturated rings. The van der Waals surface area contributed by atoms with Gasteiger partial charge in [0.2, 0.25) is 15.9 Å². The molecule has 0 aromatic heterocycles. The van der Waals surface area contributed by atoms with Crippen molar-refractivity contribution >= 4 is 28.3 Å². The Morgan fingerprint density at radius 3 is 2.33 bits per heavy atom. The van der Waals surface area contributed by atoms with E-state index in [4.69, 9.17) is 10.5 Å². The summed E-state index contributed by atoms with van der Waals surface area (Å²) in [6.45, 7) is 6.30. The Morgan fingerprint density at radius 2 is 1.83 bits per heavy atom. The van der Waals surface area contributed by atoms with Gasteiger partial charge in [0.05, 0.1) is 11.5 Å². The van der Waals surface area contributed by atoms with Crippen molar-refractivity contribution in [2.24, 2.45) is 5.73 Å². The van der Waals surface area contributed by atoms with Crippen molar-refractivity contribution in [1.29, 1.82) is 0 Å². The van der Waals surface area contributed by atoms with E-state index < -0.39 is 15.6 Å². The van der Waals surface area contributed by atoms with Crippen LogP contribution < -0.4 is 20.5 Å². The summed E-state index contributed by atoms with van der Waals surface area (Å²) in [4.78, 5) is 11.7. The quantitative estimate of drug-likeness (QED) is 0.593. The van der Waals surface area contributed by atoms with Gasteiger partial charge >= 0.3 is 0 Å². The van der Waals surface area contributed by atoms with E-state index in [-0.39, 0.29) is 36.2 Å². The average molecular weight is 380 g/mol. The lowest BCUT2D eigenvalue weighted by Crippen LogP contribution is -2.45. The van der Waals surface area contributed by atoms with Crippen molar-refractivity contribution in [3.05, 3.63) is 24.3 Å². The monoisotopic (exact) mass is 379 g/mol. The lowest BCUT2D eigenvalue weighted by atomic mass is 10.1. The molecule has 24 heavy (non-hydrogen) atoms. The van der Waals surface area contributed by atoms with Crippen LogP contribution in [0.15, 0.2) is 29.2 Å². The molecule has 0 saturated heterocycles. The molecule has 4 N–H and O–H groups in total. The minimum absolute atomic E-state index is 0. The normalized spacial score (nSPS) is 11.5. The summed E-state index contributed by atoms with van der Waals surface area (Å²) in [7, 11) is -3.64. The minimum Gasteiger partial charge on any atom is -0.494 e. The zero-order valence-corrected chi connectivity index (χ0v) is 15.8. The summed E-state index contributed by atoms with van der Waals surface area (Å²) in [5, 5.41) is 2.65. The molecule has 7 nitrogen and oxygen atoms in total. The van der Waals surface area contributed by atoms with Crippen LogP contribution in [0, 0.1) is 0 Å². The van der Waals surface area contributed by atoms with Crippen LogP contribution in [-0.4, -0.2) is 39.6 Å². The first-order valence-electron chi connectivity index (χ1n) is 7.42. The zero-order chi connectivity index (χ0) is 17.5. The number of nitrogens with two attached hydrogens (primary N) is 1. The smallest absolute Gasteiger partial charge is 0.240 e. The fraction of sp³-hybridized carbons (Fsp3) is 0.533. The number of hydrogen-bond acceptors (Lipinski definition) is 5. The van der Waals surface area contributed by atoms with Gasteiger partial charge in [0.25, 0.3) is 0 Å². The maximum Gasteiger partial charge on any atom is 0.240 e. The first-order chi connectivity index (χ1) is 10.6. The predicted octanol–water partition coefficient (Wildman–Crippen LogP) is 1.03. The molecule has 0 heterocycles. The molecule has 0 spiro atoms. The van der Waals surface area contributed by atoms with Crippen molar-refractivity contribution in [1.82, 2.24) is 10.0 Å². The van der Waals surface area contributed by atoms with E-state index in [0.29, 0.717) is 18.9 Å². The summed E-state index contributed by atoms with van der Waals surface area (Å²) in [5.74, 6) is 0.355. The second-order valence-corrected chi connectivity index (χ2v) is 7.58. The van der Waals surface area contributed by atoms with Crippen LogP contribution in [-0.2, 0) is 14.8 Å². The van der Waals surface area contributed by atoms with E-state index in [1.165, 1.54) is 12.1 Å². The molecular weight excluding hydrogens is 354 g/mol. The summed E-state index contributed by atoms with van der Waals surface area (Å²) in [5.41, 5.74) is 5.25. The minimum atomic E-state index is -3.64. The number of amides is 1.